The smallest absolute Gasteiger partial charge is 0.220 e. The zero-order valence-electron chi connectivity index (χ0n) is 11.5. The number of nitrogens with zero attached hydrogens (tertiary/aromatic N) is 2. The van der Waals surface area contributed by atoms with Gasteiger partial charge in [-0.15, -0.1) is 11.3 Å². The molecule has 0 aliphatic heterocycles. The highest BCUT2D eigenvalue weighted by atomic mass is 32.1. The normalized spacial score (nSPS) is 13.9. The van der Waals surface area contributed by atoms with E-state index in [0.717, 1.165) is 17.8 Å². The fourth-order valence-electron chi connectivity index (χ4n) is 1.87. The van der Waals surface area contributed by atoms with Crippen LogP contribution in [0.25, 0.3) is 0 Å². The van der Waals surface area contributed by atoms with E-state index >= 15 is 0 Å². The summed E-state index contributed by atoms with van der Waals surface area (Å²) in [6, 6.07) is 3.76. The summed E-state index contributed by atoms with van der Waals surface area (Å²) in [7, 11) is 0. The van der Waals surface area contributed by atoms with Crippen molar-refractivity contribution in [3.63, 3.8) is 0 Å². The van der Waals surface area contributed by atoms with E-state index in [1.807, 2.05) is 28.3 Å². The summed E-state index contributed by atoms with van der Waals surface area (Å²) >= 11 is 1.49. The fourth-order valence-corrected chi connectivity index (χ4v) is 2.66. The van der Waals surface area contributed by atoms with Gasteiger partial charge in [0, 0.05) is 30.2 Å². The van der Waals surface area contributed by atoms with Gasteiger partial charge in [0.05, 0.1) is 12.9 Å². The van der Waals surface area contributed by atoms with E-state index < -0.39 is 5.60 Å². The molecule has 1 amide bonds. The Morgan fingerprint density at radius 1 is 1.60 bits per heavy atom. The van der Waals surface area contributed by atoms with Crippen LogP contribution in [0.4, 0.5) is 0 Å². The van der Waals surface area contributed by atoms with Crippen LogP contribution in [0.15, 0.2) is 36.2 Å². The molecule has 2 rings (SSSR count). The molecule has 0 aromatic carbocycles. The van der Waals surface area contributed by atoms with Gasteiger partial charge in [0.1, 0.15) is 5.60 Å². The first-order valence-corrected chi connectivity index (χ1v) is 7.45. The largest absolute Gasteiger partial charge is 0.383 e. The molecule has 6 heteroatoms. The predicted octanol–water partition coefficient (Wildman–Crippen LogP) is 1.75. The first-order chi connectivity index (χ1) is 9.58. The lowest BCUT2D eigenvalue weighted by molar-refractivity contribution is -0.122. The Hall–Kier alpha value is -1.66. The van der Waals surface area contributed by atoms with Gasteiger partial charge in [-0.1, -0.05) is 6.07 Å². The molecule has 108 valence electrons. The standard InChI is InChI=1S/C14H19N3O2S/c1-14(19,12-4-3-9-20-12)10-16-13(18)5-2-7-17-8-6-15-11-17/h3-4,6,8-9,11,19H,2,5,7,10H2,1H3,(H,16,18)/t14-/m1/s1. The van der Waals surface area contributed by atoms with Crippen LogP contribution in [-0.2, 0) is 16.9 Å². The molecule has 0 aliphatic carbocycles. The summed E-state index contributed by atoms with van der Waals surface area (Å²) in [6.45, 7) is 2.72. The Morgan fingerprint density at radius 2 is 2.45 bits per heavy atom. The van der Waals surface area contributed by atoms with Crippen molar-refractivity contribution < 1.29 is 9.90 Å². The highest BCUT2D eigenvalue weighted by Gasteiger charge is 2.24. The van der Waals surface area contributed by atoms with Crippen LogP contribution >= 0.6 is 11.3 Å². The number of hydrogen-bond donors (Lipinski definition) is 2. The number of aromatic nitrogens is 2. The molecule has 0 saturated carbocycles. The molecular weight excluding hydrogens is 274 g/mol. The number of nitrogens with one attached hydrogen (secondary N) is 1. The number of aryl methyl sites for hydroxylation is 1. The maximum absolute atomic E-state index is 11.7. The Bertz CT molecular complexity index is 521. The molecule has 20 heavy (non-hydrogen) atoms. The van der Waals surface area contributed by atoms with Crippen molar-refractivity contribution in [2.75, 3.05) is 6.54 Å². The quantitative estimate of drug-likeness (QED) is 0.817. The summed E-state index contributed by atoms with van der Waals surface area (Å²) < 4.78 is 1.94. The predicted molar refractivity (Wildman–Crippen MR) is 78.4 cm³/mol. The van der Waals surface area contributed by atoms with Crippen molar-refractivity contribution >= 4 is 17.2 Å². The van der Waals surface area contributed by atoms with E-state index in [4.69, 9.17) is 0 Å². The monoisotopic (exact) mass is 293 g/mol. The van der Waals surface area contributed by atoms with Gasteiger partial charge in [-0.25, -0.2) is 4.98 Å². The second-order valence-corrected chi connectivity index (χ2v) is 5.88. The average Bonchev–Trinajstić information content (AvgIpc) is 3.09. The first kappa shape index (κ1) is 14.7. The zero-order chi connectivity index (χ0) is 14.4. The molecule has 0 fully saturated rings. The van der Waals surface area contributed by atoms with E-state index in [1.54, 1.807) is 19.4 Å². The van der Waals surface area contributed by atoms with Crippen molar-refractivity contribution in [3.05, 3.63) is 41.1 Å². The van der Waals surface area contributed by atoms with Gasteiger partial charge in [0.15, 0.2) is 0 Å². The van der Waals surface area contributed by atoms with Crippen LogP contribution in [0.3, 0.4) is 0 Å². The van der Waals surface area contributed by atoms with E-state index in [9.17, 15) is 9.90 Å². The van der Waals surface area contributed by atoms with Crippen LogP contribution in [0.2, 0.25) is 0 Å². The molecule has 5 nitrogen and oxygen atoms in total. The minimum absolute atomic E-state index is 0.0399. The highest BCUT2D eigenvalue weighted by Crippen LogP contribution is 2.24. The summed E-state index contributed by atoms with van der Waals surface area (Å²) in [6.07, 6.45) is 6.53. The minimum atomic E-state index is -1.01. The zero-order valence-corrected chi connectivity index (χ0v) is 12.3. The molecule has 2 heterocycles. The van der Waals surface area contributed by atoms with E-state index in [2.05, 4.69) is 10.3 Å². The third-order valence-electron chi connectivity index (χ3n) is 3.06. The second kappa shape index (κ2) is 6.67. The summed E-state index contributed by atoms with van der Waals surface area (Å²) in [4.78, 5) is 16.5. The van der Waals surface area contributed by atoms with Gasteiger partial charge in [-0.3, -0.25) is 4.79 Å². The van der Waals surface area contributed by atoms with Crippen LogP contribution in [-0.4, -0.2) is 27.1 Å². The number of thiophene rings is 1. The topological polar surface area (TPSA) is 67.2 Å². The lowest BCUT2D eigenvalue weighted by atomic mass is 10.1. The Kier molecular flexibility index (Phi) is 4.92. The van der Waals surface area contributed by atoms with Gasteiger partial charge < -0.3 is 15.0 Å². The van der Waals surface area contributed by atoms with Crippen LogP contribution in [0.5, 0.6) is 0 Å². The summed E-state index contributed by atoms with van der Waals surface area (Å²) in [5.74, 6) is -0.0399. The first-order valence-electron chi connectivity index (χ1n) is 6.57. The summed E-state index contributed by atoms with van der Waals surface area (Å²) in [5, 5.41) is 15.0. The molecule has 0 radical (unpaired) electrons. The minimum Gasteiger partial charge on any atom is -0.383 e. The van der Waals surface area contributed by atoms with Crippen LogP contribution in [0.1, 0.15) is 24.6 Å². The van der Waals surface area contributed by atoms with Gasteiger partial charge in [-0.05, 0) is 24.8 Å². The lowest BCUT2D eigenvalue weighted by Crippen LogP contribution is -2.38. The third kappa shape index (κ3) is 4.18. The number of rotatable bonds is 7. The van der Waals surface area contributed by atoms with Gasteiger partial charge in [0.25, 0.3) is 0 Å². The highest BCUT2D eigenvalue weighted by molar-refractivity contribution is 7.10. The molecule has 0 bridgehead atoms. The second-order valence-electron chi connectivity index (χ2n) is 4.93. The molecule has 0 saturated heterocycles. The number of carbonyl (C=O) groups is 1. The molecule has 0 spiro atoms. The molecule has 1 atom stereocenters. The number of hydrogen-bond acceptors (Lipinski definition) is 4. The fraction of sp³-hybridized carbons (Fsp3) is 0.429. The number of aliphatic hydroxyl groups is 1. The maximum Gasteiger partial charge on any atom is 0.220 e. The van der Waals surface area contributed by atoms with Gasteiger partial charge in [-0.2, -0.15) is 0 Å². The van der Waals surface area contributed by atoms with Gasteiger partial charge in [0.2, 0.25) is 5.91 Å². The molecule has 2 N–H and O–H groups in total. The van der Waals surface area contributed by atoms with E-state index in [0.29, 0.717) is 6.42 Å². The van der Waals surface area contributed by atoms with Crippen molar-refractivity contribution in [2.24, 2.45) is 0 Å². The SMILES string of the molecule is C[C@@](O)(CNC(=O)CCCn1ccnc1)c1cccs1. The molecular formula is C14H19N3O2S. The van der Waals surface area contributed by atoms with Crippen LogP contribution < -0.4 is 5.32 Å². The van der Waals surface area contributed by atoms with Crippen molar-refractivity contribution in [2.45, 2.75) is 31.9 Å². The number of amides is 1. The Morgan fingerprint density at radius 3 is 3.10 bits per heavy atom. The van der Waals surface area contributed by atoms with Crippen molar-refractivity contribution in [1.29, 1.82) is 0 Å². The number of imidazole rings is 1. The molecule has 0 aliphatic rings. The Balaban J connectivity index is 1.69. The van der Waals surface area contributed by atoms with Gasteiger partial charge >= 0.3 is 0 Å². The Labute approximate surface area is 122 Å². The summed E-state index contributed by atoms with van der Waals surface area (Å²) in [5.41, 5.74) is -1.01. The van der Waals surface area contributed by atoms with Crippen LogP contribution in [0, 0.1) is 0 Å². The maximum atomic E-state index is 11.7. The van der Waals surface area contributed by atoms with Crippen molar-refractivity contribution in [1.82, 2.24) is 14.9 Å². The molecule has 2 aromatic heterocycles. The molecule has 0 unspecified atom stereocenters. The lowest BCUT2D eigenvalue weighted by Gasteiger charge is -2.22. The number of carbonyl (C=O) groups excluding carboxylic acids is 1. The average molecular weight is 293 g/mol. The molecule has 2 aromatic rings. The van der Waals surface area contributed by atoms with E-state index in [-0.39, 0.29) is 12.5 Å². The van der Waals surface area contributed by atoms with Crippen molar-refractivity contribution in [3.8, 4) is 0 Å². The van der Waals surface area contributed by atoms with E-state index in [1.165, 1.54) is 11.3 Å². The third-order valence-corrected chi connectivity index (χ3v) is 4.18.